The van der Waals surface area contributed by atoms with E-state index in [4.69, 9.17) is 16.3 Å². The molecule has 0 saturated heterocycles. The third-order valence-electron chi connectivity index (χ3n) is 2.19. The zero-order valence-corrected chi connectivity index (χ0v) is 13.0. The zero-order chi connectivity index (χ0) is 15.3. The van der Waals surface area contributed by atoms with Gasteiger partial charge in [0.05, 0.1) is 17.2 Å². The number of ether oxygens (including phenoxy) is 1. The van der Waals surface area contributed by atoms with Crippen LogP contribution in [0.25, 0.3) is 0 Å². The van der Waals surface area contributed by atoms with E-state index in [1.807, 2.05) is 0 Å². The van der Waals surface area contributed by atoms with Gasteiger partial charge in [0.15, 0.2) is 0 Å². The Labute approximate surface area is 123 Å². The smallest absolute Gasteiger partial charge is 0.422 e. The molecule has 0 bridgehead atoms. The maximum absolute atomic E-state index is 11.8. The topological polar surface area (TPSA) is 84.5 Å². The predicted molar refractivity (Wildman–Crippen MR) is 78.0 cm³/mol. The van der Waals surface area contributed by atoms with Crippen LogP contribution in [0, 0.1) is 0 Å². The monoisotopic (exact) mass is 320 g/mol. The van der Waals surface area contributed by atoms with Crippen molar-refractivity contribution in [3.8, 4) is 0 Å². The molecule has 1 atom stereocenters. The summed E-state index contributed by atoms with van der Waals surface area (Å²) in [6.45, 7) is 4.95. The first-order valence-electron chi connectivity index (χ1n) is 5.95. The van der Waals surface area contributed by atoms with Crippen LogP contribution in [-0.2, 0) is 14.9 Å². The van der Waals surface area contributed by atoms with Crippen LogP contribution in [0.2, 0.25) is 0 Å². The fourth-order valence-corrected chi connectivity index (χ4v) is 2.44. The third kappa shape index (κ3) is 5.26. The average molecular weight is 321 g/mol. The molecule has 0 aromatic heterocycles. The van der Waals surface area contributed by atoms with Gasteiger partial charge in [0.25, 0.3) is 0 Å². The van der Waals surface area contributed by atoms with Crippen molar-refractivity contribution >= 4 is 33.6 Å². The van der Waals surface area contributed by atoms with Crippen LogP contribution in [0.5, 0.6) is 0 Å². The van der Waals surface area contributed by atoms with Crippen LogP contribution in [0.15, 0.2) is 24.3 Å². The highest BCUT2D eigenvalue weighted by molar-refractivity contribution is 7.91. The second kappa shape index (κ2) is 6.81. The second-order valence-corrected chi connectivity index (χ2v) is 6.43. The van der Waals surface area contributed by atoms with E-state index in [-0.39, 0.29) is 5.38 Å². The quantitative estimate of drug-likeness (QED) is 0.817. The van der Waals surface area contributed by atoms with Gasteiger partial charge < -0.3 is 4.74 Å². The predicted octanol–water partition coefficient (Wildman–Crippen LogP) is 2.78. The summed E-state index contributed by atoms with van der Waals surface area (Å²) in [7, 11) is -4.07. The Kier molecular flexibility index (Phi) is 5.64. The molecule has 0 aliphatic rings. The van der Waals surface area contributed by atoms with Crippen molar-refractivity contribution in [2.24, 2.45) is 0 Å². The molecule has 8 heteroatoms. The lowest BCUT2D eigenvalue weighted by Gasteiger charge is -2.14. The van der Waals surface area contributed by atoms with Crippen LogP contribution in [0.4, 0.5) is 10.5 Å². The van der Waals surface area contributed by atoms with Crippen molar-refractivity contribution in [3.05, 3.63) is 29.8 Å². The van der Waals surface area contributed by atoms with Gasteiger partial charge in [-0.25, -0.2) is 9.52 Å². The van der Waals surface area contributed by atoms with Crippen molar-refractivity contribution in [3.63, 3.8) is 0 Å². The highest BCUT2D eigenvalue weighted by Gasteiger charge is 2.18. The SMILES string of the molecule is CC(C)OC(=O)NS(=O)(=O)Nc1ccccc1C(C)Cl. The molecule has 0 aliphatic heterocycles. The number of rotatable bonds is 5. The molecular formula is C12H17ClN2O4S. The molecule has 1 unspecified atom stereocenters. The maximum Gasteiger partial charge on any atom is 0.422 e. The van der Waals surface area contributed by atoms with E-state index in [0.29, 0.717) is 11.3 Å². The van der Waals surface area contributed by atoms with E-state index in [1.165, 1.54) is 0 Å². The Morgan fingerprint density at radius 1 is 1.25 bits per heavy atom. The molecule has 6 nitrogen and oxygen atoms in total. The third-order valence-corrected chi connectivity index (χ3v) is 3.35. The van der Waals surface area contributed by atoms with Crippen LogP contribution in [0.3, 0.4) is 0 Å². The summed E-state index contributed by atoms with van der Waals surface area (Å²) < 4.78 is 32.3. The average Bonchev–Trinajstić information content (AvgIpc) is 2.26. The highest BCUT2D eigenvalue weighted by Crippen LogP contribution is 2.27. The van der Waals surface area contributed by atoms with Gasteiger partial charge in [-0.3, -0.25) is 4.72 Å². The molecule has 0 radical (unpaired) electrons. The molecule has 0 spiro atoms. The van der Waals surface area contributed by atoms with Gasteiger partial charge in [-0.15, -0.1) is 11.6 Å². The van der Waals surface area contributed by atoms with Gasteiger partial charge in [-0.1, -0.05) is 18.2 Å². The Morgan fingerprint density at radius 2 is 1.85 bits per heavy atom. The summed E-state index contributed by atoms with van der Waals surface area (Å²) >= 11 is 5.96. The number of para-hydroxylation sites is 1. The molecule has 0 fully saturated rings. The molecule has 1 aromatic carbocycles. The van der Waals surface area contributed by atoms with Gasteiger partial charge in [0.2, 0.25) is 0 Å². The Morgan fingerprint density at radius 3 is 2.40 bits per heavy atom. The van der Waals surface area contributed by atoms with Gasteiger partial charge in [0, 0.05) is 0 Å². The van der Waals surface area contributed by atoms with Gasteiger partial charge in [0.1, 0.15) is 0 Å². The van der Waals surface area contributed by atoms with Gasteiger partial charge in [-0.05, 0) is 32.4 Å². The van der Waals surface area contributed by atoms with E-state index < -0.39 is 22.4 Å². The Balaban J connectivity index is 2.84. The molecule has 20 heavy (non-hydrogen) atoms. The van der Waals surface area contributed by atoms with Gasteiger partial charge in [-0.2, -0.15) is 8.42 Å². The lowest BCUT2D eigenvalue weighted by molar-refractivity contribution is 0.121. The van der Waals surface area contributed by atoms with E-state index in [2.05, 4.69) is 4.72 Å². The van der Waals surface area contributed by atoms with Crippen LogP contribution >= 0.6 is 11.6 Å². The van der Waals surface area contributed by atoms with Crippen LogP contribution < -0.4 is 9.44 Å². The summed E-state index contributed by atoms with van der Waals surface area (Å²) in [6, 6.07) is 6.66. The van der Waals surface area contributed by atoms with Crippen LogP contribution in [-0.4, -0.2) is 20.6 Å². The van der Waals surface area contributed by atoms with Gasteiger partial charge >= 0.3 is 16.3 Å². The standard InChI is InChI=1S/C12H17ClN2O4S/c1-8(2)19-12(16)15-20(17,18)14-11-7-5-4-6-10(11)9(3)13/h4-9,14H,1-3H3,(H,15,16). The van der Waals surface area contributed by atoms with Crippen molar-refractivity contribution in [1.82, 2.24) is 4.72 Å². The number of carbonyl (C=O) groups is 1. The number of nitrogens with one attached hydrogen (secondary N) is 2. The normalized spacial score (nSPS) is 12.8. The molecule has 0 heterocycles. The van der Waals surface area contributed by atoms with E-state index in [1.54, 1.807) is 49.8 Å². The zero-order valence-electron chi connectivity index (χ0n) is 11.4. The Hall–Kier alpha value is -1.47. The summed E-state index contributed by atoms with van der Waals surface area (Å²) in [5, 5.41) is -0.378. The molecule has 112 valence electrons. The largest absolute Gasteiger partial charge is 0.446 e. The van der Waals surface area contributed by atoms with Crippen molar-refractivity contribution in [1.29, 1.82) is 0 Å². The summed E-state index contributed by atoms with van der Waals surface area (Å²) in [6.07, 6.45) is -1.45. The number of halogens is 1. The first-order valence-corrected chi connectivity index (χ1v) is 7.87. The lowest BCUT2D eigenvalue weighted by atomic mass is 10.1. The molecule has 2 N–H and O–H groups in total. The maximum atomic E-state index is 11.8. The summed E-state index contributed by atoms with van der Waals surface area (Å²) in [5.74, 6) is 0. The fraction of sp³-hybridized carbons (Fsp3) is 0.417. The number of amides is 1. The van der Waals surface area contributed by atoms with Crippen molar-refractivity contribution in [2.45, 2.75) is 32.3 Å². The molecular weight excluding hydrogens is 304 g/mol. The minimum absolute atomic E-state index is 0.305. The number of anilines is 1. The summed E-state index contributed by atoms with van der Waals surface area (Å²) in [5.41, 5.74) is 0.914. The van der Waals surface area contributed by atoms with E-state index in [9.17, 15) is 13.2 Å². The van der Waals surface area contributed by atoms with E-state index in [0.717, 1.165) is 0 Å². The highest BCUT2D eigenvalue weighted by atomic mass is 35.5. The van der Waals surface area contributed by atoms with Crippen LogP contribution in [0.1, 0.15) is 31.7 Å². The van der Waals surface area contributed by atoms with Crippen molar-refractivity contribution in [2.75, 3.05) is 4.72 Å². The first kappa shape index (κ1) is 16.6. The number of alkyl halides is 1. The molecule has 1 rings (SSSR count). The van der Waals surface area contributed by atoms with Crippen molar-refractivity contribution < 1.29 is 17.9 Å². The molecule has 0 aliphatic carbocycles. The minimum Gasteiger partial charge on any atom is -0.446 e. The molecule has 1 aromatic rings. The molecule has 1 amide bonds. The Bertz CT molecular complexity index is 573. The first-order chi connectivity index (χ1) is 9.21. The second-order valence-electron chi connectivity index (χ2n) is 4.36. The fourth-order valence-electron chi connectivity index (χ4n) is 1.45. The lowest BCUT2D eigenvalue weighted by Crippen LogP contribution is -2.37. The molecule has 0 saturated carbocycles. The number of hydrogen-bond acceptors (Lipinski definition) is 4. The number of hydrogen-bond donors (Lipinski definition) is 2. The number of benzene rings is 1. The summed E-state index contributed by atoms with van der Waals surface area (Å²) in [4.78, 5) is 11.3. The van der Waals surface area contributed by atoms with E-state index >= 15 is 0 Å². The number of carbonyl (C=O) groups excluding carboxylic acids is 1. The minimum atomic E-state index is -4.07.